The normalized spacial score (nSPS) is 18.2. The zero-order chi connectivity index (χ0) is 24.2. The highest BCUT2D eigenvalue weighted by Gasteiger charge is 2.34. The van der Waals surface area contributed by atoms with E-state index in [0.29, 0.717) is 5.92 Å². The van der Waals surface area contributed by atoms with E-state index < -0.39 is 5.97 Å². The Kier molecular flexibility index (Phi) is 7.46. The Balaban J connectivity index is 1.57. The molecule has 1 amide bonds. The Bertz CT molecular complexity index is 1110. The second kappa shape index (κ2) is 10.5. The van der Waals surface area contributed by atoms with E-state index in [4.69, 9.17) is 0 Å². The van der Waals surface area contributed by atoms with E-state index in [1.807, 2.05) is 49.7 Å². The van der Waals surface area contributed by atoms with Crippen LogP contribution >= 0.6 is 11.3 Å². The summed E-state index contributed by atoms with van der Waals surface area (Å²) >= 11 is 1.65. The minimum atomic E-state index is -1.09. The lowest BCUT2D eigenvalue weighted by atomic mass is 9.82. The number of aromatic carboxylic acids is 1. The summed E-state index contributed by atoms with van der Waals surface area (Å²) in [6, 6.07) is 7.73. The number of anilines is 1. The van der Waals surface area contributed by atoms with E-state index in [1.165, 1.54) is 11.8 Å². The van der Waals surface area contributed by atoms with Gasteiger partial charge >= 0.3 is 5.97 Å². The predicted molar refractivity (Wildman–Crippen MR) is 134 cm³/mol. The molecule has 0 atom stereocenters. The molecule has 2 aromatic heterocycles. The number of carboxylic acids is 1. The minimum Gasteiger partial charge on any atom is -0.477 e. The second-order valence-corrected chi connectivity index (χ2v) is 10.4. The molecule has 2 heterocycles. The molecule has 1 fully saturated rings. The van der Waals surface area contributed by atoms with Crippen molar-refractivity contribution in [2.75, 3.05) is 4.90 Å². The van der Waals surface area contributed by atoms with Crippen LogP contribution in [0.15, 0.2) is 42.0 Å². The van der Waals surface area contributed by atoms with Crippen LogP contribution in [0.1, 0.15) is 67.4 Å². The zero-order valence-corrected chi connectivity index (χ0v) is 20.8. The largest absolute Gasteiger partial charge is 0.477 e. The maximum Gasteiger partial charge on any atom is 0.341 e. The van der Waals surface area contributed by atoms with Gasteiger partial charge in [0.05, 0.1) is 10.7 Å². The Morgan fingerprint density at radius 2 is 1.85 bits per heavy atom. The van der Waals surface area contributed by atoms with E-state index >= 15 is 0 Å². The van der Waals surface area contributed by atoms with Crippen LogP contribution in [0.5, 0.6) is 0 Å². The van der Waals surface area contributed by atoms with Crippen molar-refractivity contribution in [2.24, 2.45) is 11.8 Å². The van der Waals surface area contributed by atoms with Crippen LogP contribution in [-0.2, 0) is 17.6 Å². The van der Waals surface area contributed by atoms with Crippen LogP contribution in [0, 0.1) is 11.8 Å². The van der Waals surface area contributed by atoms with Crippen LogP contribution in [-0.4, -0.2) is 37.8 Å². The number of thiazole rings is 1. The van der Waals surface area contributed by atoms with Gasteiger partial charge in [-0.25, -0.2) is 14.5 Å². The number of carboxylic acid groups (broad SMARTS) is 1. The molecule has 8 heteroatoms. The number of carbonyl (C=O) groups is 2. The molecule has 0 unspecified atom stereocenters. The van der Waals surface area contributed by atoms with Crippen molar-refractivity contribution >= 4 is 29.0 Å². The lowest BCUT2D eigenvalue weighted by molar-refractivity contribution is -0.123. The van der Waals surface area contributed by atoms with Crippen LogP contribution in [0.3, 0.4) is 0 Å². The van der Waals surface area contributed by atoms with Gasteiger partial charge in [-0.3, -0.25) is 9.69 Å². The first-order valence-corrected chi connectivity index (χ1v) is 12.8. The summed E-state index contributed by atoms with van der Waals surface area (Å²) in [5.41, 5.74) is 1.98. The minimum absolute atomic E-state index is 0.0211. The number of nitrogens with zero attached hydrogens (tertiary/aromatic N) is 4. The quantitative estimate of drug-likeness (QED) is 0.468. The topological polar surface area (TPSA) is 88.3 Å². The molecule has 1 aromatic carbocycles. The molecular formula is C26H32N4O3S. The highest BCUT2D eigenvalue weighted by Crippen LogP contribution is 2.32. The van der Waals surface area contributed by atoms with Crippen molar-refractivity contribution in [3.05, 3.63) is 58.2 Å². The van der Waals surface area contributed by atoms with Gasteiger partial charge in [-0.05, 0) is 69.6 Å². The van der Waals surface area contributed by atoms with E-state index in [9.17, 15) is 14.7 Å². The third kappa shape index (κ3) is 5.38. The highest BCUT2D eigenvalue weighted by atomic mass is 32.1. The number of aromatic nitrogens is 3. The standard InChI is InChI=1S/C26H32N4O3S/c1-17(2)30(25(31)20-9-4-18(3)5-10-20)24-22(26(32)33)16-29(28-24)21-11-6-19(7-12-21)8-13-23-27-14-15-34-23/h6-7,11-12,14-18,20H,4-5,8-10,13H2,1-3H3,(H,32,33)/t18-,20-. The number of hydrogen-bond acceptors (Lipinski definition) is 5. The van der Waals surface area contributed by atoms with Crippen molar-refractivity contribution in [3.63, 3.8) is 0 Å². The molecule has 0 aliphatic heterocycles. The average molecular weight is 481 g/mol. The van der Waals surface area contributed by atoms with Gasteiger partial charge in [0.25, 0.3) is 0 Å². The van der Waals surface area contributed by atoms with Gasteiger partial charge in [0.15, 0.2) is 5.82 Å². The van der Waals surface area contributed by atoms with Crippen molar-refractivity contribution in [1.82, 2.24) is 14.8 Å². The number of benzene rings is 1. The molecular weight excluding hydrogens is 448 g/mol. The number of rotatable bonds is 8. The molecule has 4 rings (SSSR count). The van der Waals surface area contributed by atoms with E-state index in [-0.39, 0.29) is 29.2 Å². The van der Waals surface area contributed by atoms with Crippen molar-refractivity contribution in [1.29, 1.82) is 0 Å². The van der Waals surface area contributed by atoms with Crippen molar-refractivity contribution < 1.29 is 14.7 Å². The summed E-state index contributed by atoms with van der Waals surface area (Å²) in [7, 11) is 0. The average Bonchev–Trinajstić information content (AvgIpc) is 3.49. The van der Waals surface area contributed by atoms with E-state index in [1.54, 1.807) is 20.9 Å². The molecule has 1 saturated carbocycles. The van der Waals surface area contributed by atoms with Gasteiger partial charge < -0.3 is 5.11 Å². The Morgan fingerprint density at radius 1 is 1.15 bits per heavy atom. The molecule has 0 bridgehead atoms. The number of amides is 1. The summed E-state index contributed by atoms with van der Waals surface area (Å²) in [6.45, 7) is 6.03. The Labute approximate surface area is 204 Å². The van der Waals surface area contributed by atoms with Gasteiger partial charge in [-0.15, -0.1) is 16.4 Å². The molecule has 0 saturated heterocycles. The monoisotopic (exact) mass is 480 g/mol. The molecule has 0 spiro atoms. The maximum absolute atomic E-state index is 13.5. The van der Waals surface area contributed by atoms with Crippen molar-refractivity contribution in [2.45, 2.75) is 65.3 Å². The Morgan fingerprint density at radius 3 is 2.44 bits per heavy atom. The first-order valence-electron chi connectivity index (χ1n) is 12.0. The molecule has 1 aliphatic carbocycles. The lowest BCUT2D eigenvalue weighted by Gasteiger charge is -2.32. The molecule has 180 valence electrons. The summed E-state index contributed by atoms with van der Waals surface area (Å²) in [5.74, 6) is -0.333. The number of aryl methyl sites for hydroxylation is 2. The molecule has 34 heavy (non-hydrogen) atoms. The lowest BCUT2D eigenvalue weighted by Crippen LogP contribution is -2.43. The van der Waals surface area contributed by atoms with Gasteiger partial charge in [-0.1, -0.05) is 19.1 Å². The van der Waals surface area contributed by atoms with Gasteiger partial charge in [0.2, 0.25) is 5.91 Å². The van der Waals surface area contributed by atoms with Crippen LogP contribution in [0.2, 0.25) is 0 Å². The van der Waals surface area contributed by atoms with E-state index in [2.05, 4.69) is 17.0 Å². The molecule has 1 aliphatic rings. The fourth-order valence-corrected chi connectivity index (χ4v) is 5.20. The van der Waals surface area contributed by atoms with Crippen LogP contribution < -0.4 is 4.90 Å². The van der Waals surface area contributed by atoms with Crippen LogP contribution in [0.25, 0.3) is 5.69 Å². The SMILES string of the molecule is CC(C)N(c1nn(-c2ccc(CCc3nccs3)cc2)cc1C(=O)O)C(=O)[C@H]1CC[C@H](C)CC1. The number of carbonyl (C=O) groups excluding carboxylic acids is 1. The molecule has 1 N–H and O–H groups in total. The predicted octanol–water partition coefficient (Wildman–Crippen LogP) is 5.38. The summed E-state index contributed by atoms with van der Waals surface area (Å²) in [5, 5.41) is 17.6. The molecule has 3 aromatic rings. The van der Waals surface area contributed by atoms with Crippen molar-refractivity contribution in [3.8, 4) is 5.69 Å². The fourth-order valence-electron chi connectivity index (χ4n) is 4.58. The summed E-state index contributed by atoms with van der Waals surface area (Å²) < 4.78 is 1.56. The van der Waals surface area contributed by atoms with Gasteiger partial charge in [0.1, 0.15) is 5.56 Å². The molecule has 7 nitrogen and oxygen atoms in total. The third-order valence-electron chi connectivity index (χ3n) is 6.58. The first-order chi connectivity index (χ1) is 16.3. The van der Waals surface area contributed by atoms with Gasteiger partial charge in [-0.2, -0.15) is 0 Å². The number of hydrogen-bond donors (Lipinski definition) is 1. The summed E-state index contributed by atoms with van der Waals surface area (Å²) in [6.07, 6.45) is 8.83. The first kappa shape index (κ1) is 24.1. The highest BCUT2D eigenvalue weighted by molar-refractivity contribution is 7.09. The summed E-state index contributed by atoms with van der Waals surface area (Å²) in [4.78, 5) is 31.5. The Hall–Kier alpha value is -3.00. The smallest absolute Gasteiger partial charge is 0.341 e. The fraction of sp³-hybridized carbons (Fsp3) is 0.462. The maximum atomic E-state index is 13.5. The zero-order valence-electron chi connectivity index (χ0n) is 20.0. The molecule has 0 radical (unpaired) electrons. The van der Waals surface area contributed by atoms with Crippen LogP contribution in [0.4, 0.5) is 5.82 Å². The van der Waals surface area contributed by atoms with E-state index in [0.717, 1.165) is 49.2 Å². The van der Waals surface area contributed by atoms with Gasteiger partial charge in [0, 0.05) is 36.2 Å². The third-order valence-corrected chi connectivity index (χ3v) is 7.42. The second-order valence-electron chi connectivity index (χ2n) is 9.47.